The number of carboxylic acid groups (broad SMARTS) is 1. The zero-order valence-electron chi connectivity index (χ0n) is 12.0. The summed E-state index contributed by atoms with van der Waals surface area (Å²) in [4.78, 5) is 23.5. The van der Waals surface area contributed by atoms with Crippen molar-refractivity contribution in [2.45, 2.75) is 32.2 Å². The van der Waals surface area contributed by atoms with Crippen molar-refractivity contribution in [2.24, 2.45) is 5.92 Å². The number of halogens is 1. The van der Waals surface area contributed by atoms with Crippen LogP contribution in [-0.4, -0.2) is 29.1 Å². The fourth-order valence-electron chi connectivity index (χ4n) is 2.20. The van der Waals surface area contributed by atoms with Gasteiger partial charge in [-0.1, -0.05) is 18.5 Å². The van der Waals surface area contributed by atoms with E-state index >= 15 is 0 Å². The molecule has 1 aromatic rings. The first kappa shape index (κ1) is 15.6. The van der Waals surface area contributed by atoms with E-state index in [9.17, 15) is 14.7 Å². The molecule has 0 saturated heterocycles. The van der Waals surface area contributed by atoms with Crippen LogP contribution in [0.3, 0.4) is 0 Å². The molecule has 114 valence electrons. The molecule has 2 unspecified atom stereocenters. The number of carbonyl (C=O) groups is 2. The van der Waals surface area contributed by atoms with Crippen molar-refractivity contribution < 1.29 is 19.4 Å². The van der Waals surface area contributed by atoms with E-state index in [4.69, 9.17) is 16.3 Å². The number of aliphatic carboxylic acids is 1. The lowest BCUT2D eigenvalue weighted by Crippen LogP contribution is -2.54. The lowest BCUT2D eigenvalue weighted by Gasteiger charge is -2.30. The third kappa shape index (κ3) is 3.29. The van der Waals surface area contributed by atoms with Gasteiger partial charge in [-0.05, 0) is 43.5 Å². The summed E-state index contributed by atoms with van der Waals surface area (Å²) in [7, 11) is 0. The molecule has 2 atom stereocenters. The Morgan fingerprint density at radius 3 is 2.86 bits per heavy atom. The van der Waals surface area contributed by atoms with Gasteiger partial charge in [0.15, 0.2) is 0 Å². The minimum absolute atomic E-state index is 0.236. The maximum Gasteiger partial charge on any atom is 0.329 e. The third-order valence-electron chi connectivity index (χ3n) is 3.88. The Kier molecular flexibility index (Phi) is 4.42. The van der Waals surface area contributed by atoms with E-state index in [2.05, 4.69) is 5.32 Å². The highest BCUT2D eigenvalue weighted by atomic mass is 35.5. The average Bonchev–Trinajstić information content (AvgIpc) is 2.45. The van der Waals surface area contributed by atoms with Crippen LogP contribution in [0.5, 0.6) is 5.75 Å². The molecule has 1 aliphatic heterocycles. The molecule has 1 aliphatic rings. The van der Waals surface area contributed by atoms with Gasteiger partial charge in [-0.2, -0.15) is 0 Å². The molecule has 5 nitrogen and oxygen atoms in total. The van der Waals surface area contributed by atoms with Gasteiger partial charge < -0.3 is 15.2 Å². The smallest absolute Gasteiger partial charge is 0.329 e. The van der Waals surface area contributed by atoms with Crippen molar-refractivity contribution in [1.29, 1.82) is 0 Å². The normalized spacial score (nSPS) is 19.9. The fourth-order valence-corrected chi connectivity index (χ4v) is 2.39. The number of ether oxygens (including phenoxy) is 1. The predicted octanol–water partition coefficient (Wildman–Crippen LogP) is 2.26. The number of carbonyl (C=O) groups excluding carboxylic acids is 1. The summed E-state index contributed by atoms with van der Waals surface area (Å²) in [6, 6.07) is 5.28. The van der Waals surface area contributed by atoms with Gasteiger partial charge in [-0.3, -0.25) is 4.79 Å². The summed E-state index contributed by atoms with van der Waals surface area (Å²) >= 11 is 5.94. The van der Waals surface area contributed by atoms with E-state index in [1.807, 2.05) is 0 Å². The first-order valence-electron chi connectivity index (χ1n) is 6.82. The van der Waals surface area contributed by atoms with Crippen LogP contribution >= 0.6 is 11.6 Å². The number of amides is 1. The molecule has 2 rings (SSSR count). The van der Waals surface area contributed by atoms with Crippen LogP contribution in [-0.2, 0) is 16.0 Å². The average molecular weight is 312 g/mol. The van der Waals surface area contributed by atoms with Gasteiger partial charge in [-0.25, -0.2) is 4.79 Å². The number of hydrogen-bond acceptors (Lipinski definition) is 3. The summed E-state index contributed by atoms with van der Waals surface area (Å²) in [6.45, 7) is 3.46. The summed E-state index contributed by atoms with van der Waals surface area (Å²) in [5.41, 5.74) is -0.395. The number of carboxylic acids is 1. The molecule has 1 aromatic carbocycles. The van der Waals surface area contributed by atoms with E-state index < -0.39 is 17.4 Å². The number of nitrogens with one attached hydrogen (secondary N) is 1. The Bertz CT molecular complexity index is 575. The Morgan fingerprint density at radius 1 is 1.52 bits per heavy atom. The topological polar surface area (TPSA) is 75.6 Å². The zero-order valence-corrected chi connectivity index (χ0v) is 12.7. The van der Waals surface area contributed by atoms with Crippen LogP contribution in [0.2, 0.25) is 5.02 Å². The second-order valence-corrected chi connectivity index (χ2v) is 5.88. The minimum Gasteiger partial charge on any atom is -0.492 e. The van der Waals surface area contributed by atoms with Crippen LogP contribution < -0.4 is 10.1 Å². The Hall–Kier alpha value is -1.75. The maximum atomic E-state index is 12.3. The Labute approximate surface area is 128 Å². The predicted molar refractivity (Wildman–Crippen MR) is 78.6 cm³/mol. The second kappa shape index (κ2) is 5.93. The highest BCUT2D eigenvalue weighted by molar-refractivity contribution is 6.30. The van der Waals surface area contributed by atoms with Gasteiger partial charge in [-0.15, -0.1) is 0 Å². The molecule has 0 aliphatic carbocycles. The van der Waals surface area contributed by atoms with Gasteiger partial charge in [0.2, 0.25) is 5.91 Å². The quantitative estimate of drug-likeness (QED) is 0.894. The van der Waals surface area contributed by atoms with Crippen molar-refractivity contribution in [3.63, 3.8) is 0 Å². The summed E-state index contributed by atoms with van der Waals surface area (Å²) in [5, 5.41) is 12.4. The number of hydrogen-bond donors (Lipinski definition) is 2. The maximum absolute atomic E-state index is 12.3. The van der Waals surface area contributed by atoms with Crippen LogP contribution in [0.1, 0.15) is 25.8 Å². The SMILES string of the molecule is CCC(C)(NC(=O)C1COc2ccc(Cl)cc2C1)C(=O)O. The van der Waals surface area contributed by atoms with Gasteiger partial charge in [0.05, 0.1) is 5.92 Å². The van der Waals surface area contributed by atoms with Crippen LogP contribution in [0.25, 0.3) is 0 Å². The molecule has 0 spiro atoms. The summed E-state index contributed by atoms with van der Waals surface area (Å²) in [5.74, 6) is -1.05. The largest absolute Gasteiger partial charge is 0.492 e. The van der Waals surface area contributed by atoms with Crippen molar-refractivity contribution in [1.82, 2.24) is 5.32 Å². The first-order valence-corrected chi connectivity index (χ1v) is 7.20. The monoisotopic (exact) mass is 311 g/mol. The summed E-state index contributed by atoms with van der Waals surface area (Å²) in [6.07, 6.45) is 0.797. The zero-order chi connectivity index (χ0) is 15.6. The minimum atomic E-state index is -1.26. The number of fused-ring (bicyclic) bond motifs is 1. The molecular weight excluding hydrogens is 294 g/mol. The second-order valence-electron chi connectivity index (χ2n) is 5.44. The van der Waals surface area contributed by atoms with Gasteiger partial charge in [0.25, 0.3) is 0 Å². The van der Waals surface area contributed by atoms with Crippen molar-refractivity contribution in [3.8, 4) is 5.75 Å². The van der Waals surface area contributed by atoms with Crippen molar-refractivity contribution >= 4 is 23.5 Å². The lowest BCUT2D eigenvalue weighted by atomic mass is 9.93. The van der Waals surface area contributed by atoms with Gasteiger partial charge in [0, 0.05) is 5.02 Å². The molecular formula is C15H18ClNO4. The standard InChI is InChI=1S/C15H18ClNO4/c1-3-15(2,14(19)20)17-13(18)10-6-9-7-11(16)4-5-12(9)21-8-10/h4-5,7,10H,3,6,8H2,1-2H3,(H,17,18)(H,19,20). The third-order valence-corrected chi connectivity index (χ3v) is 4.11. The van der Waals surface area contributed by atoms with E-state index in [0.717, 1.165) is 11.3 Å². The van der Waals surface area contributed by atoms with Gasteiger partial charge >= 0.3 is 5.97 Å². The summed E-state index contributed by atoms with van der Waals surface area (Å²) < 4.78 is 5.55. The molecule has 1 amide bonds. The van der Waals surface area contributed by atoms with E-state index in [0.29, 0.717) is 17.9 Å². The van der Waals surface area contributed by atoms with E-state index in [-0.39, 0.29) is 12.5 Å². The molecule has 0 bridgehead atoms. The molecule has 6 heteroatoms. The van der Waals surface area contributed by atoms with Crippen molar-refractivity contribution in [2.75, 3.05) is 6.61 Å². The first-order chi connectivity index (χ1) is 9.85. The molecule has 0 saturated carbocycles. The molecule has 0 radical (unpaired) electrons. The van der Waals surface area contributed by atoms with Crippen molar-refractivity contribution in [3.05, 3.63) is 28.8 Å². The van der Waals surface area contributed by atoms with Crippen LogP contribution in [0.15, 0.2) is 18.2 Å². The van der Waals surface area contributed by atoms with E-state index in [1.165, 1.54) is 6.92 Å². The molecule has 0 fully saturated rings. The highest BCUT2D eigenvalue weighted by Crippen LogP contribution is 2.30. The molecule has 21 heavy (non-hydrogen) atoms. The van der Waals surface area contributed by atoms with Crippen LogP contribution in [0, 0.1) is 5.92 Å². The molecule has 2 N–H and O–H groups in total. The van der Waals surface area contributed by atoms with E-state index in [1.54, 1.807) is 25.1 Å². The fraction of sp³-hybridized carbons (Fsp3) is 0.467. The number of rotatable bonds is 4. The van der Waals surface area contributed by atoms with Gasteiger partial charge in [0.1, 0.15) is 17.9 Å². The van der Waals surface area contributed by atoms with Crippen LogP contribution in [0.4, 0.5) is 0 Å². The Morgan fingerprint density at radius 2 is 2.24 bits per heavy atom. The lowest BCUT2D eigenvalue weighted by molar-refractivity contribution is -0.148. The molecule has 1 heterocycles. The number of benzene rings is 1. The highest BCUT2D eigenvalue weighted by Gasteiger charge is 2.36. The molecule has 0 aromatic heterocycles. The Balaban J connectivity index is 2.10.